The number of carbonyl (C=O) groups is 2. The molecule has 0 heterocycles. The zero-order valence-electron chi connectivity index (χ0n) is 16.6. The summed E-state index contributed by atoms with van der Waals surface area (Å²) in [7, 11) is 4.30. The monoisotopic (exact) mass is 426 g/mol. The molecule has 0 aliphatic carbocycles. The maximum absolute atomic E-state index is 12.5. The Morgan fingerprint density at radius 1 is 1.00 bits per heavy atom. The normalized spacial score (nSPS) is 10.9. The summed E-state index contributed by atoms with van der Waals surface area (Å²) in [5.41, 5.74) is 0.434. The zero-order valence-corrected chi connectivity index (χ0v) is 16.6. The predicted molar refractivity (Wildman–Crippen MR) is 101 cm³/mol. The summed E-state index contributed by atoms with van der Waals surface area (Å²) < 4.78 is 51.8. The fourth-order valence-electron chi connectivity index (χ4n) is 2.57. The van der Waals surface area contributed by atoms with E-state index in [0.29, 0.717) is 11.5 Å². The van der Waals surface area contributed by atoms with Gasteiger partial charge in [-0.2, -0.15) is 0 Å². The third-order valence-corrected chi connectivity index (χ3v) is 4.08. The fraction of sp³-hybridized carbons (Fsp3) is 0.300. The van der Waals surface area contributed by atoms with E-state index >= 15 is 0 Å². The van der Waals surface area contributed by atoms with E-state index in [-0.39, 0.29) is 30.0 Å². The van der Waals surface area contributed by atoms with Crippen molar-refractivity contribution >= 4 is 11.8 Å². The van der Waals surface area contributed by atoms with Gasteiger partial charge in [0.25, 0.3) is 5.91 Å². The highest BCUT2D eigenvalue weighted by atomic mass is 19.4. The maximum Gasteiger partial charge on any atom is 0.573 e. The SMILES string of the molecule is COc1ccc(C(=O)NCC(=O)N(C)Cc2ccccc2OC(F)(F)F)cc1OC. The Morgan fingerprint density at radius 3 is 2.30 bits per heavy atom. The molecule has 0 aliphatic rings. The van der Waals surface area contributed by atoms with Crippen molar-refractivity contribution in [1.29, 1.82) is 0 Å². The summed E-state index contributed by atoms with van der Waals surface area (Å²) >= 11 is 0. The van der Waals surface area contributed by atoms with Crippen LogP contribution in [-0.2, 0) is 11.3 Å². The minimum Gasteiger partial charge on any atom is -0.493 e. The van der Waals surface area contributed by atoms with Gasteiger partial charge in [0.2, 0.25) is 5.91 Å². The van der Waals surface area contributed by atoms with Crippen molar-refractivity contribution in [2.75, 3.05) is 27.8 Å². The number of ether oxygens (including phenoxy) is 3. The second-order valence-corrected chi connectivity index (χ2v) is 6.16. The van der Waals surface area contributed by atoms with E-state index in [1.807, 2.05) is 0 Å². The van der Waals surface area contributed by atoms with E-state index in [2.05, 4.69) is 10.1 Å². The van der Waals surface area contributed by atoms with Gasteiger partial charge in [0.15, 0.2) is 11.5 Å². The van der Waals surface area contributed by atoms with Crippen LogP contribution >= 0.6 is 0 Å². The van der Waals surface area contributed by atoms with E-state index in [0.717, 1.165) is 0 Å². The van der Waals surface area contributed by atoms with Crippen molar-refractivity contribution in [1.82, 2.24) is 10.2 Å². The number of benzene rings is 2. The molecular weight excluding hydrogens is 405 g/mol. The van der Waals surface area contributed by atoms with Gasteiger partial charge in [0, 0.05) is 24.7 Å². The van der Waals surface area contributed by atoms with Gasteiger partial charge in [-0.1, -0.05) is 18.2 Å². The number of carbonyl (C=O) groups excluding carboxylic acids is 2. The van der Waals surface area contributed by atoms with E-state index in [1.54, 1.807) is 6.07 Å². The second-order valence-electron chi connectivity index (χ2n) is 6.16. The third kappa shape index (κ3) is 6.29. The van der Waals surface area contributed by atoms with Crippen LogP contribution in [0.1, 0.15) is 15.9 Å². The van der Waals surface area contributed by atoms with Crippen LogP contribution in [0.15, 0.2) is 42.5 Å². The van der Waals surface area contributed by atoms with Crippen LogP contribution < -0.4 is 19.5 Å². The quantitative estimate of drug-likeness (QED) is 0.702. The van der Waals surface area contributed by atoms with Gasteiger partial charge in [-0.15, -0.1) is 13.2 Å². The molecule has 0 fully saturated rings. The molecule has 0 bridgehead atoms. The lowest BCUT2D eigenvalue weighted by Crippen LogP contribution is -2.38. The topological polar surface area (TPSA) is 77.1 Å². The number of nitrogens with zero attached hydrogens (tertiary/aromatic N) is 1. The number of amides is 2. The summed E-state index contributed by atoms with van der Waals surface area (Å²) in [5.74, 6) is -0.595. The lowest BCUT2D eigenvalue weighted by molar-refractivity contribution is -0.275. The molecular formula is C20H21F3N2O5. The summed E-state index contributed by atoms with van der Waals surface area (Å²) in [6, 6.07) is 10.1. The van der Waals surface area contributed by atoms with Gasteiger partial charge in [-0.3, -0.25) is 9.59 Å². The first kappa shape index (κ1) is 22.9. The molecule has 162 valence electrons. The molecule has 2 rings (SSSR count). The summed E-state index contributed by atoms with van der Waals surface area (Å²) in [6.07, 6.45) is -4.84. The molecule has 1 N–H and O–H groups in total. The van der Waals surface area contributed by atoms with E-state index in [1.165, 1.54) is 62.6 Å². The van der Waals surface area contributed by atoms with Crippen molar-refractivity contribution in [3.8, 4) is 17.2 Å². The number of rotatable bonds is 8. The zero-order chi connectivity index (χ0) is 22.3. The lowest BCUT2D eigenvalue weighted by Gasteiger charge is -2.20. The van der Waals surface area contributed by atoms with Crippen molar-refractivity contribution in [2.24, 2.45) is 0 Å². The molecule has 0 saturated carbocycles. The summed E-state index contributed by atoms with van der Waals surface area (Å²) in [5, 5.41) is 2.47. The van der Waals surface area contributed by atoms with Crippen LogP contribution in [0.25, 0.3) is 0 Å². The van der Waals surface area contributed by atoms with Crippen LogP contribution in [0, 0.1) is 0 Å². The maximum atomic E-state index is 12.5. The summed E-state index contributed by atoms with van der Waals surface area (Å²) in [6.45, 7) is -0.469. The standard InChI is InChI=1S/C20H21F3N2O5/c1-25(12-14-6-4-5-7-15(14)30-20(21,22)23)18(26)11-24-19(27)13-8-9-16(28-2)17(10-13)29-3/h4-10H,11-12H2,1-3H3,(H,24,27). The van der Waals surface area contributed by atoms with Crippen molar-refractivity contribution in [3.05, 3.63) is 53.6 Å². The van der Waals surface area contributed by atoms with Crippen molar-refractivity contribution in [3.63, 3.8) is 0 Å². The van der Waals surface area contributed by atoms with Gasteiger partial charge in [-0.25, -0.2) is 0 Å². The smallest absolute Gasteiger partial charge is 0.493 e. The first-order valence-electron chi connectivity index (χ1n) is 8.72. The number of nitrogens with one attached hydrogen (secondary N) is 1. The Labute approximate surface area is 171 Å². The van der Waals surface area contributed by atoms with Crippen LogP contribution in [0.2, 0.25) is 0 Å². The average Bonchev–Trinajstić information content (AvgIpc) is 2.71. The molecule has 0 aromatic heterocycles. The highest BCUT2D eigenvalue weighted by Crippen LogP contribution is 2.28. The fourth-order valence-corrected chi connectivity index (χ4v) is 2.57. The van der Waals surface area contributed by atoms with Crippen LogP contribution in [0.3, 0.4) is 0 Å². The minimum absolute atomic E-state index is 0.128. The molecule has 30 heavy (non-hydrogen) atoms. The second kappa shape index (κ2) is 9.86. The Morgan fingerprint density at radius 2 is 1.67 bits per heavy atom. The number of likely N-dealkylation sites (N-methyl/N-ethyl adjacent to an activating group) is 1. The number of hydrogen-bond acceptors (Lipinski definition) is 5. The Hall–Kier alpha value is -3.43. The largest absolute Gasteiger partial charge is 0.573 e. The number of methoxy groups -OCH3 is 2. The number of para-hydroxylation sites is 1. The number of alkyl halides is 3. The molecule has 0 radical (unpaired) electrons. The molecule has 0 aliphatic heterocycles. The molecule has 2 aromatic rings. The van der Waals surface area contributed by atoms with Crippen molar-refractivity contribution < 1.29 is 37.0 Å². The Bertz CT molecular complexity index is 902. The Balaban J connectivity index is 1.98. The number of halogens is 3. The van der Waals surface area contributed by atoms with Gasteiger partial charge >= 0.3 is 6.36 Å². The van der Waals surface area contributed by atoms with Gasteiger partial charge < -0.3 is 24.4 Å². The van der Waals surface area contributed by atoms with Gasteiger partial charge in [0.1, 0.15) is 5.75 Å². The molecule has 7 nitrogen and oxygen atoms in total. The molecule has 2 amide bonds. The molecule has 0 saturated heterocycles. The first-order chi connectivity index (χ1) is 14.1. The lowest BCUT2D eigenvalue weighted by atomic mass is 10.2. The van der Waals surface area contributed by atoms with E-state index in [4.69, 9.17) is 9.47 Å². The molecule has 0 spiro atoms. The highest BCUT2D eigenvalue weighted by molar-refractivity contribution is 5.97. The van der Waals surface area contributed by atoms with Crippen LogP contribution in [-0.4, -0.2) is 50.9 Å². The van der Waals surface area contributed by atoms with Crippen LogP contribution in [0.4, 0.5) is 13.2 Å². The number of hydrogen-bond donors (Lipinski definition) is 1. The molecule has 0 atom stereocenters. The van der Waals surface area contributed by atoms with Crippen LogP contribution in [0.5, 0.6) is 17.2 Å². The summed E-state index contributed by atoms with van der Waals surface area (Å²) in [4.78, 5) is 25.8. The molecule has 10 heteroatoms. The van der Waals surface area contributed by atoms with Gasteiger partial charge in [0.05, 0.1) is 20.8 Å². The van der Waals surface area contributed by atoms with E-state index in [9.17, 15) is 22.8 Å². The van der Waals surface area contributed by atoms with E-state index < -0.39 is 18.2 Å². The third-order valence-electron chi connectivity index (χ3n) is 4.08. The van der Waals surface area contributed by atoms with Gasteiger partial charge in [-0.05, 0) is 24.3 Å². The Kier molecular flexibility index (Phi) is 7.51. The average molecular weight is 426 g/mol. The molecule has 0 unspecified atom stereocenters. The molecule has 2 aromatic carbocycles. The van der Waals surface area contributed by atoms with Crippen molar-refractivity contribution in [2.45, 2.75) is 12.9 Å². The highest BCUT2D eigenvalue weighted by Gasteiger charge is 2.32. The predicted octanol–water partition coefficient (Wildman–Crippen LogP) is 2.99. The minimum atomic E-state index is -4.84. The first-order valence-corrected chi connectivity index (χ1v) is 8.72.